The van der Waals surface area contributed by atoms with Crippen LogP contribution in [0.5, 0.6) is 0 Å². The van der Waals surface area contributed by atoms with Crippen LogP contribution >= 0.6 is 0 Å². The van der Waals surface area contributed by atoms with Crippen LogP contribution in [0.2, 0.25) is 0 Å². The number of likely N-dealkylation sites (N-methyl/N-ethyl adjacent to an activating group) is 1. The van der Waals surface area contributed by atoms with Crippen molar-refractivity contribution in [3.8, 4) is 6.07 Å². The molecule has 4 nitrogen and oxygen atoms in total. The van der Waals surface area contributed by atoms with Gasteiger partial charge in [-0.1, -0.05) is 13.5 Å². The van der Waals surface area contributed by atoms with Gasteiger partial charge in [0.05, 0.1) is 28.0 Å². The fourth-order valence-electron chi connectivity index (χ4n) is 5.30. The lowest BCUT2D eigenvalue weighted by molar-refractivity contribution is 0.469. The SMILES string of the molecule is C.CNC(C)(C1=Cc2c(nc(C)c(C#N)c2C)C1)c1c(C)c(C)c(C)c2c1ccn2C. The van der Waals surface area contributed by atoms with Gasteiger partial charge >= 0.3 is 0 Å². The third-order valence-corrected chi connectivity index (χ3v) is 7.38. The Bertz CT molecular complexity index is 1280. The van der Waals surface area contributed by atoms with E-state index in [-0.39, 0.29) is 13.0 Å². The van der Waals surface area contributed by atoms with E-state index in [2.05, 4.69) is 69.0 Å². The minimum atomic E-state index is -0.337. The normalized spacial score (nSPS) is 14.6. The van der Waals surface area contributed by atoms with Gasteiger partial charge in [-0.15, -0.1) is 0 Å². The smallest absolute Gasteiger partial charge is 0.101 e. The van der Waals surface area contributed by atoms with Crippen LogP contribution in [0.3, 0.4) is 0 Å². The second-order valence-corrected chi connectivity index (χ2v) is 8.83. The maximum absolute atomic E-state index is 9.57. The molecule has 1 N–H and O–H groups in total. The molecule has 162 valence electrons. The zero-order chi connectivity index (χ0) is 22.0. The molecule has 0 saturated heterocycles. The second kappa shape index (κ2) is 7.66. The highest BCUT2D eigenvalue weighted by Gasteiger charge is 2.37. The summed E-state index contributed by atoms with van der Waals surface area (Å²) in [5.74, 6) is 0. The van der Waals surface area contributed by atoms with Gasteiger partial charge in [-0.05, 0) is 88.0 Å². The lowest BCUT2D eigenvalue weighted by Gasteiger charge is -2.35. The highest BCUT2D eigenvalue weighted by molar-refractivity contribution is 5.91. The molecule has 0 radical (unpaired) electrons. The van der Waals surface area contributed by atoms with Crippen molar-refractivity contribution < 1.29 is 0 Å². The minimum absolute atomic E-state index is 0. The topological polar surface area (TPSA) is 53.6 Å². The number of rotatable bonds is 3. The van der Waals surface area contributed by atoms with E-state index in [0.717, 1.165) is 28.9 Å². The molecule has 3 aromatic rings. The summed E-state index contributed by atoms with van der Waals surface area (Å²) < 4.78 is 2.22. The third kappa shape index (κ3) is 3.03. The summed E-state index contributed by atoms with van der Waals surface area (Å²) in [6.45, 7) is 12.9. The summed E-state index contributed by atoms with van der Waals surface area (Å²) in [4.78, 5) is 4.79. The number of hydrogen-bond donors (Lipinski definition) is 1. The van der Waals surface area contributed by atoms with Crippen LogP contribution in [0, 0.1) is 45.9 Å². The molecule has 0 aliphatic heterocycles. The maximum atomic E-state index is 9.57. The van der Waals surface area contributed by atoms with Crippen molar-refractivity contribution >= 4 is 17.0 Å². The maximum Gasteiger partial charge on any atom is 0.101 e. The lowest BCUT2D eigenvalue weighted by atomic mass is 9.77. The van der Waals surface area contributed by atoms with E-state index >= 15 is 0 Å². The largest absolute Gasteiger partial charge is 0.350 e. The Labute approximate surface area is 186 Å². The van der Waals surface area contributed by atoms with E-state index in [1.807, 2.05) is 20.9 Å². The Balaban J connectivity index is 0.00000272. The van der Waals surface area contributed by atoms with Gasteiger partial charge in [0.2, 0.25) is 0 Å². The number of fused-ring (bicyclic) bond motifs is 2. The molecule has 2 heterocycles. The molecule has 0 bridgehead atoms. The van der Waals surface area contributed by atoms with Crippen LogP contribution in [0.25, 0.3) is 17.0 Å². The molecule has 0 amide bonds. The van der Waals surface area contributed by atoms with Crippen molar-refractivity contribution in [1.82, 2.24) is 14.9 Å². The van der Waals surface area contributed by atoms with Crippen LogP contribution in [0.15, 0.2) is 17.8 Å². The highest BCUT2D eigenvalue weighted by Crippen LogP contribution is 2.44. The van der Waals surface area contributed by atoms with Gasteiger partial charge in [0, 0.05) is 30.6 Å². The van der Waals surface area contributed by atoms with Gasteiger partial charge in [-0.3, -0.25) is 4.98 Å². The minimum Gasteiger partial charge on any atom is -0.350 e. The van der Waals surface area contributed by atoms with Crippen LogP contribution in [0.4, 0.5) is 0 Å². The van der Waals surface area contributed by atoms with Crippen molar-refractivity contribution in [3.05, 3.63) is 68.2 Å². The molecule has 2 aromatic heterocycles. The zero-order valence-corrected chi connectivity index (χ0v) is 19.3. The fourth-order valence-corrected chi connectivity index (χ4v) is 5.30. The Morgan fingerprint density at radius 3 is 2.39 bits per heavy atom. The quantitative estimate of drug-likeness (QED) is 0.598. The molecule has 1 aliphatic carbocycles. The molecule has 31 heavy (non-hydrogen) atoms. The fraction of sp³-hybridized carbons (Fsp3) is 0.407. The number of aryl methyl sites for hydroxylation is 3. The highest BCUT2D eigenvalue weighted by atomic mass is 15.0. The summed E-state index contributed by atoms with van der Waals surface area (Å²) in [5, 5.41) is 14.5. The number of benzene rings is 1. The van der Waals surface area contributed by atoms with Crippen LogP contribution in [-0.4, -0.2) is 16.6 Å². The van der Waals surface area contributed by atoms with Crippen molar-refractivity contribution in [2.24, 2.45) is 7.05 Å². The van der Waals surface area contributed by atoms with E-state index in [1.165, 1.54) is 38.7 Å². The summed E-state index contributed by atoms with van der Waals surface area (Å²) in [6.07, 6.45) is 5.21. The van der Waals surface area contributed by atoms with Crippen molar-refractivity contribution in [3.63, 3.8) is 0 Å². The average Bonchev–Trinajstić information content (AvgIpc) is 3.31. The van der Waals surface area contributed by atoms with E-state index < -0.39 is 0 Å². The van der Waals surface area contributed by atoms with E-state index in [4.69, 9.17) is 4.98 Å². The standard InChI is InChI=1S/C26H30N4.CH4/c1-14-15(2)24(20-9-10-30(8)25(20)16(14)3)26(6,28-7)19-11-21-17(4)22(13-27)18(5)29-23(21)12-19;/h9-11,28H,12H2,1-8H3;1H4. The molecule has 4 heteroatoms. The summed E-state index contributed by atoms with van der Waals surface area (Å²) in [5.41, 5.74) is 12.3. The Hall–Kier alpha value is -2.90. The first kappa shape index (κ1) is 22.8. The molecule has 0 saturated carbocycles. The molecular formula is C27H34N4. The summed E-state index contributed by atoms with van der Waals surface area (Å²) in [7, 11) is 4.16. The number of nitrogens with one attached hydrogen (secondary N) is 1. The van der Waals surface area contributed by atoms with E-state index in [9.17, 15) is 5.26 Å². The molecule has 1 aliphatic rings. The van der Waals surface area contributed by atoms with E-state index in [1.54, 1.807) is 0 Å². The lowest BCUT2D eigenvalue weighted by Crippen LogP contribution is -2.40. The summed E-state index contributed by atoms with van der Waals surface area (Å²) >= 11 is 0. The summed E-state index contributed by atoms with van der Waals surface area (Å²) in [6, 6.07) is 4.57. The number of pyridine rings is 1. The molecule has 1 atom stereocenters. The zero-order valence-electron chi connectivity index (χ0n) is 19.3. The Morgan fingerprint density at radius 2 is 1.77 bits per heavy atom. The van der Waals surface area contributed by atoms with Gasteiger partial charge in [-0.25, -0.2) is 0 Å². The molecule has 0 spiro atoms. The Morgan fingerprint density at radius 1 is 1.10 bits per heavy atom. The van der Waals surface area contributed by atoms with E-state index in [0.29, 0.717) is 5.56 Å². The first-order chi connectivity index (χ1) is 14.2. The second-order valence-electron chi connectivity index (χ2n) is 8.83. The number of nitriles is 1. The van der Waals surface area contributed by atoms with Crippen molar-refractivity contribution in [2.75, 3.05) is 7.05 Å². The third-order valence-electron chi connectivity index (χ3n) is 7.38. The average molecular weight is 415 g/mol. The van der Waals surface area contributed by atoms with Gasteiger partial charge in [0.15, 0.2) is 0 Å². The first-order valence-electron chi connectivity index (χ1n) is 10.5. The molecule has 0 fully saturated rings. The predicted octanol–water partition coefficient (Wildman–Crippen LogP) is 5.70. The van der Waals surface area contributed by atoms with Crippen molar-refractivity contribution in [2.45, 2.75) is 60.9 Å². The van der Waals surface area contributed by atoms with Gasteiger partial charge in [-0.2, -0.15) is 5.26 Å². The molecule has 1 unspecified atom stereocenters. The van der Waals surface area contributed by atoms with Crippen LogP contribution in [-0.2, 0) is 19.0 Å². The van der Waals surface area contributed by atoms with Gasteiger partial charge < -0.3 is 9.88 Å². The van der Waals surface area contributed by atoms with Gasteiger partial charge in [0.1, 0.15) is 6.07 Å². The number of hydrogen-bond acceptors (Lipinski definition) is 3. The van der Waals surface area contributed by atoms with Gasteiger partial charge in [0.25, 0.3) is 0 Å². The molecular weight excluding hydrogens is 380 g/mol. The number of nitrogens with zero attached hydrogens (tertiary/aromatic N) is 3. The predicted molar refractivity (Wildman–Crippen MR) is 130 cm³/mol. The molecule has 1 aromatic carbocycles. The first-order valence-corrected chi connectivity index (χ1v) is 10.5. The van der Waals surface area contributed by atoms with Crippen molar-refractivity contribution in [1.29, 1.82) is 5.26 Å². The Kier molecular flexibility index (Phi) is 5.63. The molecule has 4 rings (SSSR count). The number of aromatic nitrogens is 2. The van der Waals surface area contributed by atoms with Crippen LogP contribution in [0.1, 0.15) is 64.7 Å². The monoisotopic (exact) mass is 414 g/mol. The van der Waals surface area contributed by atoms with Crippen LogP contribution < -0.4 is 5.32 Å².